The van der Waals surface area contributed by atoms with Crippen molar-refractivity contribution in [2.75, 3.05) is 6.54 Å². The molecule has 2 fully saturated rings. The second-order valence-corrected chi connectivity index (χ2v) is 4.65. The molecular formula is C10H11F2N3O3. The summed E-state index contributed by atoms with van der Waals surface area (Å²) in [5.74, 6) is -3.82. The maximum Gasteiger partial charge on any atom is 0.405 e. The van der Waals surface area contributed by atoms with Crippen LogP contribution in [0, 0.1) is 11.3 Å². The second-order valence-electron chi connectivity index (χ2n) is 4.65. The Morgan fingerprint density at radius 1 is 1.44 bits per heavy atom. The first-order valence-electron chi connectivity index (χ1n) is 5.39. The molecule has 1 aliphatic carbocycles. The lowest BCUT2D eigenvalue weighted by Gasteiger charge is -2.24. The van der Waals surface area contributed by atoms with Gasteiger partial charge in [-0.15, -0.1) is 0 Å². The van der Waals surface area contributed by atoms with Crippen LogP contribution in [0.5, 0.6) is 0 Å². The predicted molar refractivity (Wildman–Crippen MR) is 53.8 cm³/mol. The Hall–Kier alpha value is -1.91. The van der Waals surface area contributed by atoms with Crippen LogP contribution in [0.15, 0.2) is 0 Å². The third-order valence-corrected chi connectivity index (χ3v) is 3.19. The fraction of sp³-hybridized carbons (Fsp3) is 0.700. The Labute approximate surface area is 101 Å². The van der Waals surface area contributed by atoms with Gasteiger partial charge in [0.15, 0.2) is 0 Å². The molecule has 8 heteroatoms. The van der Waals surface area contributed by atoms with Gasteiger partial charge in [-0.2, -0.15) is 5.26 Å². The molecule has 2 N–H and O–H groups in total. The first kappa shape index (κ1) is 12.5. The van der Waals surface area contributed by atoms with Crippen molar-refractivity contribution in [2.24, 2.45) is 0 Å². The summed E-state index contributed by atoms with van der Waals surface area (Å²) in [6.45, 7) is -0.826. The molecule has 98 valence electrons. The van der Waals surface area contributed by atoms with Gasteiger partial charge in [-0.25, -0.2) is 13.6 Å². The fourth-order valence-electron chi connectivity index (χ4n) is 2.14. The van der Waals surface area contributed by atoms with E-state index in [2.05, 4.69) is 5.32 Å². The van der Waals surface area contributed by atoms with Crippen LogP contribution >= 0.6 is 0 Å². The number of nitriles is 1. The van der Waals surface area contributed by atoms with E-state index in [0.717, 1.165) is 4.90 Å². The van der Waals surface area contributed by atoms with Crippen LogP contribution in [-0.4, -0.2) is 46.1 Å². The summed E-state index contributed by atoms with van der Waals surface area (Å²) in [5, 5.41) is 19.4. The van der Waals surface area contributed by atoms with Gasteiger partial charge in [0, 0.05) is 6.42 Å². The number of carbonyl (C=O) groups excluding carboxylic acids is 1. The van der Waals surface area contributed by atoms with Crippen LogP contribution in [0.1, 0.15) is 19.3 Å². The maximum atomic E-state index is 13.2. The lowest BCUT2D eigenvalue weighted by Crippen LogP contribution is -2.51. The Balaban J connectivity index is 2.15. The zero-order valence-electron chi connectivity index (χ0n) is 9.32. The highest BCUT2D eigenvalue weighted by molar-refractivity contribution is 5.93. The lowest BCUT2D eigenvalue weighted by atomic mass is 10.2. The van der Waals surface area contributed by atoms with Crippen molar-refractivity contribution >= 4 is 12.0 Å². The Morgan fingerprint density at radius 2 is 2.06 bits per heavy atom. The number of amides is 2. The van der Waals surface area contributed by atoms with Crippen LogP contribution in [0.3, 0.4) is 0 Å². The SMILES string of the molecule is N#C[C@@H]1CC(F)(F)CN1C(=O)C1(NC(=O)O)CC1. The molecule has 2 rings (SSSR count). The van der Waals surface area contributed by atoms with Crippen LogP contribution in [0.2, 0.25) is 0 Å². The van der Waals surface area contributed by atoms with Crippen molar-refractivity contribution in [3.63, 3.8) is 0 Å². The maximum absolute atomic E-state index is 13.2. The molecule has 1 saturated carbocycles. The van der Waals surface area contributed by atoms with E-state index < -0.39 is 42.5 Å². The molecule has 0 radical (unpaired) electrons. The van der Waals surface area contributed by atoms with Crippen molar-refractivity contribution in [2.45, 2.75) is 36.8 Å². The molecule has 2 amide bonds. The minimum atomic E-state index is -3.09. The zero-order valence-corrected chi connectivity index (χ0v) is 9.32. The number of carboxylic acid groups (broad SMARTS) is 1. The molecule has 18 heavy (non-hydrogen) atoms. The summed E-state index contributed by atoms with van der Waals surface area (Å²) >= 11 is 0. The molecule has 1 aliphatic heterocycles. The van der Waals surface area contributed by atoms with Crippen LogP contribution < -0.4 is 5.32 Å². The van der Waals surface area contributed by atoms with Crippen molar-refractivity contribution in [1.82, 2.24) is 10.2 Å². The monoisotopic (exact) mass is 259 g/mol. The first-order chi connectivity index (χ1) is 8.30. The highest BCUT2D eigenvalue weighted by Gasteiger charge is 2.58. The van der Waals surface area contributed by atoms with E-state index in [4.69, 9.17) is 10.4 Å². The van der Waals surface area contributed by atoms with Gasteiger partial charge in [-0.1, -0.05) is 0 Å². The number of nitrogens with one attached hydrogen (secondary N) is 1. The Morgan fingerprint density at radius 3 is 2.50 bits per heavy atom. The molecule has 0 spiro atoms. The summed E-state index contributed by atoms with van der Waals surface area (Å²) in [6.07, 6.45) is -1.52. The van der Waals surface area contributed by atoms with E-state index in [1.54, 1.807) is 6.07 Å². The van der Waals surface area contributed by atoms with Gasteiger partial charge in [-0.05, 0) is 12.8 Å². The average molecular weight is 259 g/mol. The molecule has 0 aromatic heterocycles. The molecule has 2 aliphatic rings. The highest BCUT2D eigenvalue weighted by Crippen LogP contribution is 2.41. The summed E-state index contributed by atoms with van der Waals surface area (Å²) in [4.78, 5) is 23.4. The lowest BCUT2D eigenvalue weighted by molar-refractivity contribution is -0.135. The number of halogens is 2. The number of hydrogen-bond acceptors (Lipinski definition) is 3. The third-order valence-electron chi connectivity index (χ3n) is 3.19. The standard InChI is InChI=1S/C10H11F2N3O3/c11-10(12)3-6(4-13)15(5-10)7(16)9(1-2-9)14-8(17)18/h6,14H,1-3,5H2,(H,17,18)/t6-/m0/s1. The molecule has 1 saturated heterocycles. The van der Waals surface area contributed by atoms with Gasteiger partial charge in [0.05, 0.1) is 12.6 Å². The normalized spacial score (nSPS) is 27.4. The minimum Gasteiger partial charge on any atom is -0.465 e. The van der Waals surface area contributed by atoms with E-state index in [1.807, 2.05) is 0 Å². The summed E-state index contributed by atoms with van der Waals surface area (Å²) in [6, 6.07) is 0.460. The topological polar surface area (TPSA) is 93.4 Å². The quantitative estimate of drug-likeness (QED) is 0.757. The third kappa shape index (κ3) is 2.08. The van der Waals surface area contributed by atoms with E-state index in [0.29, 0.717) is 0 Å². The number of carbonyl (C=O) groups is 2. The van der Waals surface area contributed by atoms with E-state index in [9.17, 15) is 18.4 Å². The second kappa shape index (κ2) is 3.80. The van der Waals surface area contributed by atoms with Gasteiger partial charge < -0.3 is 15.3 Å². The van der Waals surface area contributed by atoms with E-state index in [-0.39, 0.29) is 12.8 Å². The predicted octanol–water partition coefficient (Wildman–Crippen LogP) is 0.546. The van der Waals surface area contributed by atoms with Gasteiger partial charge in [-0.3, -0.25) is 4.79 Å². The molecular weight excluding hydrogens is 248 g/mol. The number of alkyl halides is 2. The molecule has 1 atom stereocenters. The zero-order chi connectivity index (χ0) is 13.6. The average Bonchev–Trinajstić information content (AvgIpc) is 2.95. The van der Waals surface area contributed by atoms with Crippen molar-refractivity contribution in [3.05, 3.63) is 0 Å². The summed E-state index contributed by atoms with van der Waals surface area (Å²) < 4.78 is 26.4. The summed E-state index contributed by atoms with van der Waals surface area (Å²) in [7, 11) is 0. The smallest absolute Gasteiger partial charge is 0.405 e. The van der Waals surface area contributed by atoms with Crippen molar-refractivity contribution in [3.8, 4) is 6.07 Å². The number of hydrogen-bond donors (Lipinski definition) is 2. The number of likely N-dealkylation sites (tertiary alicyclic amines) is 1. The van der Waals surface area contributed by atoms with Gasteiger partial charge in [0.25, 0.3) is 5.92 Å². The number of rotatable bonds is 2. The van der Waals surface area contributed by atoms with Crippen LogP contribution in [-0.2, 0) is 4.79 Å². The summed E-state index contributed by atoms with van der Waals surface area (Å²) in [5.41, 5.74) is -1.30. The fourth-order valence-corrected chi connectivity index (χ4v) is 2.14. The van der Waals surface area contributed by atoms with Crippen molar-refractivity contribution in [1.29, 1.82) is 5.26 Å². The molecule has 0 unspecified atom stereocenters. The highest BCUT2D eigenvalue weighted by atomic mass is 19.3. The van der Waals surface area contributed by atoms with Gasteiger partial charge in [0.1, 0.15) is 11.6 Å². The van der Waals surface area contributed by atoms with Crippen molar-refractivity contribution < 1.29 is 23.5 Å². The Kier molecular flexibility index (Phi) is 2.65. The largest absolute Gasteiger partial charge is 0.465 e. The minimum absolute atomic E-state index is 0.276. The molecule has 0 aromatic rings. The Bertz CT molecular complexity index is 442. The van der Waals surface area contributed by atoms with E-state index >= 15 is 0 Å². The molecule has 0 aromatic carbocycles. The molecule has 1 heterocycles. The first-order valence-corrected chi connectivity index (χ1v) is 5.39. The van der Waals surface area contributed by atoms with Gasteiger partial charge in [0.2, 0.25) is 5.91 Å². The van der Waals surface area contributed by atoms with Crippen LogP contribution in [0.4, 0.5) is 13.6 Å². The molecule has 0 bridgehead atoms. The van der Waals surface area contributed by atoms with E-state index in [1.165, 1.54) is 0 Å². The number of nitrogens with zero attached hydrogens (tertiary/aromatic N) is 2. The van der Waals surface area contributed by atoms with Gasteiger partial charge >= 0.3 is 6.09 Å². The van der Waals surface area contributed by atoms with Crippen LogP contribution in [0.25, 0.3) is 0 Å². The molecule has 6 nitrogen and oxygen atoms in total.